The Morgan fingerprint density at radius 1 is 1.10 bits per heavy atom. The van der Waals surface area contributed by atoms with E-state index in [9.17, 15) is 23.3 Å². The van der Waals surface area contributed by atoms with Crippen LogP contribution < -0.4 is 10.9 Å². The van der Waals surface area contributed by atoms with E-state index in [1.54, 1.807) is 19.1 Å². The molecule has 30 heavy (non-hydrogen) atoms. The molecule has 1 aliphatic heterocycles. The second-order valence-electron chi connectivity index (χ2n) is 6.96. The number of carbonyl (C=O) groups is 1. The quantitative estimate of drug-likeness (QED) is 0.514. The molecule has 158 valence electrons. The molecule has 1 amide bonds. The second-order valence-corrected chi connectivity index (χ2v) is 8.89. The Morgan fingerprint density at radius 3 is 2.47 bits per heavy atom. The molecule has 2 aromatic rings. The highest BCUT2D eigenvalue weighted by atomic mass is 32.2. The molecule has 2 N–H and O–H groups in total. The molecule has 10 heteroatoms. The number of hydrogen-bond donors (Lipinski definition) is 2. The van der Waals surface area contributed by atoms with Gasteiger partial charge in [0.1, 0.15) is 0 Å². The van der Waals surface area contributed by atoms with Crippen LogP contribution in [0.4, 0.5) is 5.69 Å². The second kappa shape index (κ2) is 8.64. The first kappa shape index (κ1) is 21.5. The van der Waals surface area contributed by atoms with Crippen molar-refractivity contribution in [2.45, 2.75) is 24.7 Å². The third-order valence-electron chi connectivity index (χ3n) is 4.88. The van der Waals surface area contributed by atoms with Gasteiger partial charge in [-0.1, -0.05) is 24.8 Å². The van der Waals surface area contributed by atoms with Crippen LogP contribution in [0.3, 0.4) is 0 Å². The van der Waals surface area contributed by atoms with Gasteiger partial charge in [-0.2, -0.15) is 4.31 Å². The first-order valence-corrected chi connectivity index (χ1v) is 10.7. The minimum Gasteiger partial charge on any atom is -0.298 e. The lowest BCUT2D eigenvalue weighted by Gasteiger charge is -2.16. The van der Waals surface area contributed by atoms with Crippen molar-refractivity contribution < 1.29 is 18.1 Å². The Labute approximate surface area is 174 Å². The number of nitro groups is 1. The van der Waals surface area contributed by atoms with Crippen LogP contribution >= 0.6 is 0 Å². The van der Waals surface area contributed by atoms with Gasteiger partial charge in [0.25, 0.3) is 11.6 Å². The molecule has 0 saturated carbocycles. The lowest BCUT2D eigenvalue weighted by atomic mass is 10.1. The average Bonchev–Trinajstić information content (AvgIpc) is 3.28. The van der Waals surface area contributed by atoms with Crippen molar-refractivity contribution in [2.24, 2.45) is 0 Å². The largest absolute Gasteiger partial charge is 0.298 e. The lowest BCUT2D eigenvalue weighted by Crippen LogP contribution is -2.36. The van der Waals surface area contributed by atoms with Crippen LogP contribution in [-0.2, 0) is 10.0 Å². The van der Waals surface area contributed by atoms with Gasteiger partial charge in [-0.15, -0.1) is 0 Å². The van der Waals surface area contributed by atoms with E-state index in [1.165, 1.54) is 34.6 Å². The van der Waals surface area contributed by atoms with Gasteiger partial charge < -0.3 is 0 Å². The molecule has 1 fully saturated rings. The number of aryl methyl sites for hydroxylation is 1. The van der Waals surface area contributed by atoms with E-state index in [0.29, 0.717) is 24.2 Å². The Balaban J connectivity index is 1.70. The van der Waals surface area contributed by atoms with E-state index < -0.39 is 20.9 Å². The molecule has 0 bridgehead atoms. The highest BCUT2D eigenvalue weighted by molar-refractivity contribution is 7.89. The van der Waals surface area contributed by atoms with E-state index >= 15 is 0 Å². The first-order valence-electron chi connectivity index (χ1n) is 9.31. The Hall–Kier alpha value is -3.24. The lowest BCUT2D eigenvalue weighted by molar-refractivity contribution is -0.385. The van der Waals surface area contributed by atoms with E-state index in [2.05, 4.69) is 17.4 Å². The fourth-order valence-corrected chi connectivity index (χ4v) is 4.71. The van der Waals surface area contributed by atoms with Gasteiger partial charge in [0.15, 0.2) is 0 Å². The summed E-state index contributed by atoms with van der Waals surface area (Å²) in [5.41, 5.74) is 6.38. The molecule has 0 aliphatic carbocycles. The summed E-state index contributed by atoms with van der Waals surface area (Å²) in [7, 11) is -3.63. The van der Waals surface area contributed by atoms with Gasteiger partial charge in [0, 0.05) is 35.8 Å². The van der Waals surface area contributed by atoms with Gasteiger partial charge in [-0.25, -0.2) is 8.42 Å². The predicted molar refractivity (Wildman–Crippen MR) is 112 cm³/mol. The molecule has 0 radical (unpaired) electrons. The van der Waals surface area contributed by atoms with Crippen LogP contribution in [0.25, 0.3) is 5.70 Å². The number of amides is 1. The molecular formula is C20H22N4O5S. The van der Waals surface area contributed by atoms with Crippen molar-refractivity contribution in [3.8, 4) is 0 Å². The average molecular weight is 430 g/mol. The zero-order valence-electron chi connectivity index (χ0n) is 16.4. The molecule has 3 rings (SSSR count). The van der Waals surface area contributed by atoms with Crippen molar-refractivity contribution in [3.63, 3.8) is 0 Å². The topological polar surface area (TPSA) is 122 Å². The van der Waals surface area contributed by atoms with E-state index in [1.807, 2.05) is 0 Å². The summed E-state index contributed by atoms with van der Waals surface area (Å²) in [4.78, 5) is 23.1. The van der Waals surface area contributed by atoms with Crippen molar-refractivity contribution in [3.05, 3.63) is 75.8 Å². The number of nitrogens with zero attached hydrogens (tertiary/aromatic N) is 2. The minimum absolute atomic E-state index is 0.0541. The Kier molecular flexibility index (Phi) is 6.18. The Bertz CT molecular complexity index is 1110. The zero-order valence-corrected chi connectivity index (χ0v) is 17.2. The minimum atomic E-state index is -3.63. The number of nitrogens with one attached hydrogen (secondary N) is 2. The Morgan fingerprint density at radius 2 is 1.80 bits per heavy atom. The van der Waals surface area contributed by atoms with Gasteiger partial charge in [-0.05, 0) is 38.0 Å². The fraction of sp³-hybridized carbons (Fsp3) is 0.250. The molecular weight excluding hydrogens is 408 g/mol. The third kappa shape index (κ3) is 4.50. The molecule has 0 spiro atoms. The third-order valence-corrected chi connectivity index (χ3v) is 6.77. The van der Waals surface area contributed by atoms with E-state index in [-0.39, 0.29) is 21.8 Å². The summed E-state index contributed by atoms with van der Waals surface area (Å²) < 4.78 is 26.8. The highest BCUT2D eigenvalue weighted by Crippen LogP contribution is 2.23. The van der Waals surface area contributed by atoms with Crippen molar-refractivity contribution >= 4 is 27.3 Å². The summed E-state index contributed by atoms with van der Waals surface area (Å²) in [6.45, 7) is 6.36. The van der Waals surface area contributed by atoms with Crippen molar-refractivity contribution in [1.82, 2.24) is 15.2 Å². The van der Waals surface area contributed by atoms with Crippen molar-refractivity contribution in [2.75, 3.05) is 13.1 Å². The maximum Gasteiger partial charge on any atom is 0.272 e. The fourth-order valence-electron chi connectivity index (χ4n) is 3.15. The number of carbonyl (C=O) groups excluding carboxylic acids is 1. The molecule has 2 aromatic carbocycles. The van der Waals surface area contributed by atoms with E-state index in [0.717, 1.165) is 12.8 Å². The number of sulfonamides is 1. The monoisotopic (exact) mass is 430 g/mol. The standard InChI is InChI=1S/C20H22N4O5S/c1-14-8-9-16(13-19(14)24(26)27)15(2)21-22-20(25)17-6-5-7-18(12-17)30(28,29)23-10-3-4-11-23/h5-9,12-13,21H,2-4,10-11H2,1H3,(H,22,25). The maximum atomic E-state index is 12.7. The molecule has 1 saturated heterocycles. The van der Waals surface area contributed by atoms with Crippen LogP contribution in [0, 0.1) is 17.0 Å². The number of hydrogen-bond acceptors (Lipinski definition) is 6. The molecule has 0 unspecified atom stereocenters. The summed E-state index contributed by atoms with van der Waals surface area (Å²) >= 11 is 0. The number of hydrazine groups is 1. The summed E-state index contributed by atoms with van der Waals surface area (Å²) in [5, 5.41) is 11.1. The SMILES string of the molecule is C=C(NNC(=O)c1cccc(S(=O)(=O)N2CCCC2)c1)c1ccc(C)c([N+](=O)[O-])c1. The van der Waals surface area contributed by atoms with Crippen molar-refractivity contribution in [1.29, 1.82) is 0 Å². The van der Waals surface area contributed by atoms with Gasteiger partial charge in [0.05, 0.1) is 15.5 Å². The first-order chi connectivity index (χ1) is 14.2. The van der Waals surface area contributed by atoms with E-state index in [4.69, 9.17) is 0 Å². The normalized spacial score (nSPS) is 14.3. The molecule has 9 nitrogen and oxygen atoms in total. The predicted octanol–water partition coefficient (Wildman–Crippen LogP) is 2.59. The van der Waals surface area contributed by atoms with Gasteiger partial charge in [-0.3, -0.25) is 25.8 Å². The summed E-state index contributed by atoms with van der Waals surface area (Å²) in [6, 6.07) is 10.4. The van der Waals surface area contributed by atoms with Gasteiger partial charge >= 0.3 is 0 Å². The van der Waals surface area contributed by atoms with Crippen LogP contribution in [0.1, 0.15) is 34.3 Å². The van der Waals surface area contributed by atoms with Gasteiger partial charge in [0.2, 0.25) is 10.0 Å². The number of benzene rings is 2. The molecule has 1 heterocycles. The maximum absolute atomic E-state index is 12.7. The molecule has 1 aliphatic rings. The number of nitro benzene ring substituents is 1. The summed E-state index contributed by atoms with van der Waals surface area (Å²) in [5.74, 6) is -0.559. The molecule has 0 atom stereocenters. The van der Waals surface area contributed by atoms with Crippen LogP contribution in [0.2, 0.25) is 0 Å². The van der Waals surface area contributed by atoms with Crippen LogP contribution in [0.15, 0.2) is 53.9 Å². The highest BCUT2D eigenvalue weighted by Gasteiger charge is 2.27. The van der Waals surface area contributed by atoms with Crippen LogP contribution in [-0.4, -0.2) is 36.6 Å². The number of rotatable bonds is 7. The molecule has 0 aromatic heterocycles. The smallest absolute Gasteiger partial charge is 0.272 e. The van der Waals surface area contributed by atoms with Crippen LogP contribution in [0.5, 0.6) is 0 Å². The summed E-state index contributed by atoms with van der Waals surface area (Å²) in [6.07, 6.45) is 1.64. The zero-order chi connectivity index (χ0) is 21.9.